The molecule has 0 saturated heterocycles. The highest BCUT2D eigenvalue weighted by atomic mass is 35.5. The first-order valence-corrected chi connectivity index (χ1v) is 11.5. The second kappa shape index (κ2) is 11.6. The number of esters is 1. The van der Waals surface area contributed by atoms with Crippen LogP contribution in [0.5, 0.6) is 17.2 Å². The van der Waals surface area contributed by atoms with Crippen LogP contribution in [-0.4, -0.2) is 31.8 Å². The molecule has 9 heteroatoms. The van der Waals surface area contributed by atoms with Crippen LogP contribution < -0.4 is 19.6 Å². The molecular weight excluding hydrogens is 503 g/mol. The second-order valence-electron chi connectivity index (χ2n) is 7.48. The number of hydrogen-bond donors (Lipinski definition) is 1. The molecule has 0 radical (unpaired) electrons. The van der Waals surface area contributed by atoms with E-state index in [0.717, 1.165) is 10.8 Å². The van der Waals surface area contributed by atoms with Gasteiger partial charge in [0.15, 0.2) is 18.1 Å². The summed E-state index contributed by atoms with van der Waals surface area (Å²) in [6.45, 7) is -0.198. The monoisotopic (exact) mass is 522 g/mol. The van der Waals surface area contributed by atoms with Gasteiger partial charge in [-0.1, -0.05) is 59.6 Å². The third-order valence-corrected chi connectivity index (χ3v) is 5.60. The topological polar surface area (TPSA) is 86.2 Å². The van der Waals surface area contributed by atoms with Crippen molar-refractivity contribution in [3.8, 4) is 17.2 Å². The molecule has 36 heavy (non-hydrogen) atoms. The minimum absolute atomic E-state index is 0.169. The van der Waals surface area contributed by atoms with Gasteiger partial charge < -0.3 is 14.2 Å². The van der Waals surface area contributed by atoms with Crippen molar-refractivity contribution < 1.29 is 23.8 Å². The van der Waals surface area contributed by atoms with Gasteiger partial charge >= 0.3 is 5.97 Å². The van der Waals surface area contributed by atoms with Crippen LogP contribution in [0.2, 0.25) is 10.0 Å². The van der Waals surface area contributed by atoms with E-state index in [0.29, 0.717) is 22.1 Å². The number of fused-ring (bicyclic) bond motifs is 1. The van der Waals surface area contributed by atoms with Gasteiger partial charge in [0.05, 0.1) is 23.9 Å². The fourth-order valence-corrected chi connectivity index (χ4v) is 3.82. The molecule has 7 nitrogen and oxygen atoms in total. The van der Waals surface area contributed by atoms with Gasteiger partial charge in [-0.2, -0.15) is 5.10 Å². The van der Waals surface area contributed by atoms with Gasteiger partial charge in [-0.25, -0.2) is 10.2 Å². The van der Waals surface area contributed by atoms with Gasteiger partial charge in [0.25, 0.3) is 5.91 Å². The van der Waals surface area contributed by atoms with E-state index >= 15 is 0 Å². The van der Waals surface area contributed by atoms with Crippen molar-refractivity contribution >= 4 is 52.1 Å². The van der Waals surface area contributed by atoms with Gasteiger partial charge in [0, 0.05) is 10.4 Å². The van der Waals surface area contributed by atoms with Crippen molar-refractivity contribution in [2.45, 2.75) is 0 Å². The second-order valence-corrected chi connectivity index (χ2v) is 8.33. The molecule has 4 rings (SSSR count). The molecule has 0 spiro atoms. The summed E-state index contributed by atoms with van der Waals surface area (Å²) < 4.78 is 16.4. The molecule has 0 atom stereocenters. The predicted octanol–water partition coefficient (Wildman–Crippen LogP) is 5.90. The number of methoxy groups -OCH3 is 1. The van der Waals surface area contributed by atoms with E-state index in [4.69, 9.17) is 37.4 Å². The number of ether oxygens (including phenoxy) is 3. The number of hydrazone groups is 1. The van der Waals surface area contributed by atoms with Crippen LogP contribution >= 0.6 is 23.2 Å². The Morgan fingerprint density at radius 1 is 0.917 bits per heavy atom. The van der Waals surface area contributed by atoms with E-state index in [-0.39, 0.29) is 22.9 Å². The van der Waals surface area contributed by atoms with Crippen molar-refractivity contribution in [2.75, 3.05) is 13.7 Å². The summed E-state index contributed by atoms with van der Waals surface area (Å²) in [4.78, 5) is 24.7. The van der Waals surface area contributed by atoms with Gasteiger partial charge in [0.1, 0.15) is 5.75 Å². The Balaban J connectivity index is 1.35. The summed E-state index contributed by atoms with van der Waals surface area (Å²) in [5.74, 6) is 0.0227. The van der Waals surface area contributed by atoms with Crippen LogP contribution in [0, 0.1) is 0 Å². The van der Waals surface area contributed by atoms with Crippen molar-refractivity contribution in [1.29, 1.82) is 0 Å². The van der Waals surface area contributed by atoms with E-state index in [9.17, 15) is 9.59 Å². The lowest BCUT2D eigenvalue weighted by Crippen LogP contribution is -2.24. The van der Waals surface area contributed by atoms with Crippen LogP contribution in [0.25, 0.3) is 10.8 Å². The quantitative estimate of drug-likeness (QED) is 0.135. The number of carbonyl (C=O) groups is 2. The minimum Gasteiger partial charge on any atom is -0.493 e. The molecule has 1 N–H and O–H groups in total. The molecule has 182 valence electrons. The standard InChI is InChI=1S/C27H20Cl2N2O5/c1-34-25-13-17(9-12-24(25)36-27(33)21-11-10-19(28)14-22(21)29)15-30-31-26(32)16-35-23-8-4-6-18-5-2-3-7-20(18)23/h2-15H,16H2,1H3,(H,31,32)/b30-15+. The van der Waals surface area contributed by atoms with E-state index in [1.807, 2.05) is 36.4 Å². The highest BCUT2D eigenvalue weighted by Gasteiger charge is 2.16. The smallest absolute Gasteiger partial charge is 0.345 e. The molecule has 4 aromatic rings. The maximum Gasteiger partial charge on any atom is 0.345 e. The molecule has 0 aromatic heterocycles. The Labute approximate surface area is 217 Å². The Morgan fingerprint density at radius 2 is 1.72 bits per heavy atom. The normalized spacial score (nSPS) is 10.9. The Bertz CT molecular complexity index is 1450. The Kier molecular flexibility index (Phi) is 8.05. The number of nitrogens with zero attached hydrogens (tertiary/aromatic N) is 1. The van der Waals surface area contributed by atoms with Gasteiger partial charge in [-0.05, 0) is 53.4 Å². The fraction of sp³-hybridized carbons (Fsp3) is 0.0741. The molecular formula is C27H20Cl2N2O5. The maximum atomic E-state index is 12.5. The zero-order chi connectivity index (χ0) is 25.5. The Hall–Kier alpha value is -4.07. The number of hydrogen-bond acceptors (Lipinski definition) is 6. The summed E-state index contributed by atoms with van der Waals surface area (Å²) >= 11 is 12.0. The number of rotatable bonds is 8. The summed E-state index contributed by atoms with van der Waals surface area (Å²) in [6.07, 6.45) is 1.43. The zero-order valence-electron chi connectivity index (χ0n) is 19.0. The molecule has 0 aliphatic rings. The van der Waals surface area contributed by atoms with Crippen molar-refractivity contribution in [3.63, 3.8) is 0 Å². The van der Waals surface area contributed by atoms with E-state index < -0.39 is 11.9 Å². The van der Waals surface area contributed by atoms with E-state index in [1.54, 1.807) is 30.3 Å². The lowest BCUT2D eigenvalue weighted by Gasteiger charge is -2.11. The minimum atomic E-state index is -0.658. The number of nitrogens with one attached hydrogen (secondary N) is 1. The van der Waals surface area contributed by atoms with E-state index in [2.05, 4.69) is 10.5 Å². The van der Waals surface area contributed by atoms with Crippen LogP contribution in [0.1, 0.15) is 15.9 Å². The number of halogens is 2. The summed E-state index contributed by atoms with van der Waals surface area (Å²) in [7, 11) is 1.44. The van der Waals surface area contributed by atoms with E-state index in [1.165, 1.54) is 25.5 Å². The molecule has 0 saturated carbocycles. The van der Waals surface area contributed by atoms with Gasteiger partial charge in [-0.15, -0.1) is 0 Å². The average Bonchev–Trinajstić information content (AvgIpc) is 2.88. The van der Waals surface area contributed by atoms with Gasteiger partial charge in [0.2, 0.25) is 0 Å². The lowest BCUT2D eigenvalue weighted by molar-refractivity contribution is -0.123. The fourth-order valence-electron chi connectivity index (χ4n) is 3.33. The molecule has 0 heterocycles. The third kappa shape index (κ3) is 6.13. The van der Waals surface area contributed by atoms with Crippen molar-refractivity contribution in [3.05, 3.63) is 100 Å². The molecule has 0 bridgehead atoms. The Morgan fingerprint density at radius 3 is 2.53 bits per heavy atom. The molecule has 0 unspecified atom stereocenters. The lowest BCUT2D eigenvalue weighted by atomic mass is 10.1. The average molecular weight is 523 g/mol. The first kappa shape index (κ1) is 25.0. The first-order valence-electron chi connectivity index (χ1n) is 10.7. The SMILES string of the molecule is COc1cc(/C=N/NC(=O)COc2cccc3ccccc23)ccc1OC(=O)c1ccc(Cl)cc1Cl. The highest BCUT2D eigenvalue weighted by molar-refractivity contribution is 6.36. The molecule has 0 aliphatic carbocycles. The predicted molar refractivity (Wildman–Crippen MR) is 140 cm³/mol. The van der Waals surface area contributed by atoms with Crippen LogP contribution in [0.15, 0.2) is 84.0 Å². The summed E-state index contributed by atoms with van der Waals surface area (Å²) in [6, 6.07) is 22.7. The number of amides is 1. The maximum absolute atomic E-state index is 12.5. The number of carbonyl (C=O) groups excluding carboxylic acids is 2. The molecule has 4 aromatic carbocycles. The van der Waals surface area contributed by atoms with Crippen LogP contribution in [0.4, 0.5) is 0 Å². The first-order chi connectivity index (χ1) is 17.4. The summed E-state index contributed by atoms with van der Waals surface area (Å²) in [5, 5.41) is 6.48. The summed E-state index contributed by atoms with van der Waals surface area (Å²) in [5.41, 5.74) is 3.19. The largest absolute Gasteiger partial charge is 0.493 e. The number of benzene rings is 4. The van der Waals surface area contributed by atoms with Crippen molar-refractivity contribution in [1.82, 2.24) is 5.43 Å². The molecule has 0 aliphatic heterocycles. The molecule has 0 fully saturated rings. The van der Waals surface area contributed by atoms with Crippen molar-refractivity contribution in [2.24, 2.45) is 5.10 Å². The zero-order valence-corrected chi connectivity index (χ0v) is 20.5. The van der Waals surface area contributed by atoms with Gasteiger partial charge in [-0.3, -0.25) is 4.79 Å². The third-order valence-electron chi connectivity index (χ3n) is 5.05. The molecule has 1 amide bonds. The van der Waals surface area contributed by atoms with Crippen LogP contribution in [-0.2, 0) is 4.79 Å². The van der Waals surface area contributed by atoms with Crippen LogP contribution in [0.3, 0.4) is 0 Å². The highest BCUT2D eigenvalue weighted by Crippen LogP contribution is 2.30.